The molecule has 1 atom stereocenters. The summed E-state index contributed by atoms with van der Waals surface area (Å²) in [6, 6.07) is 2.10. The molecular formula is C10H11NOS2. The average molecular weight is 225 g/mol. The number of hydrogen-bond acceptors (Lipinski definition) is 4. The third-order valence-electron chi connectivity index (χ3n) is 2.02. The maximum absolute atomic E-state index is 9.76. The molecule has 0 aliphatic rings. The van der Waals surface area contributed by atoms with Crippen LogP contribution >= 0.6 is 22.7 Å². The molecule has 4 heteroatoms. The maximum atomic E-state index is 9.76. The van der Waals surface area contributed by atoms with Crippen LogP contribution in [0.3, 0.4) is 0 Å². The van der Waals surface area contributed by atoms with Crippen molar-refractivity contribution in [2.75, 3.05) is 0 Å². The predicted octanol–water partition coefficient (Wildman–Crippen LogP) is 2.87. The lowest BCUT2D eigenvalue weighted by Gasteiger charge is -2.05. The minimum absolute atomic E-state index is 0.408. The Morgan fingerprint density at radius 1 is 1.43 bits per heavy atom. The number of aliphatic hydroxyl groups is 1. The molecule has 0 amide bonds. The van der Waals surface area contributed by atoms with E-state index in [0.29, 0.717) is 0 Å². The molecule has 14 heavy (non-hydrogen) atoms. The molecule has 0 aromatic carbocycles. The van der Waals surface area contributed by atoms with Crippen molar-refractivity contribution < 1.29 is 5.11 Å². The Labute approximate surface area is 90.9 Å². The second kappa shape index (κ2) is 4.68. The molecule has 0 bridgehead atoms. The Bertz CT molecular complexity index is 355. The zero-order chi connectivity index (χ0) is 9.80. The molecule has 0 aliphatic carbocycles. The van der Waals surface area contributed by atoms with Gasteiger partial charge in [-0.15, -0.1) is 11.3 Å². The van der Waals surface area contributed by atoms with E-state index in [2.05, 4.69) is 21.8 Å². The number of hydrogen-bond donors (Lipinski definition) is 1. The van der Waals surface area contributed by atoms with E-state index in [1.54, 1.807) is 17.5 Å². The molecule has 1 N–H and O–H groups in total. The third-order valence-corrected chi connectivity index (χ3v) is 3.63. The van der Waals surface area contributed by atoms with E-state index in [0.717, 1.165) is 17.8 Å². The van der Waals surface area contributed by atoms with Crippen LogP contribution < -0.4 is 0 Å². The molecule has 2 rings (SSSR count). The fourth-order valence-electron chi connectivity index (χ4n) is 1.26. The zero-order valence-electron chi connectivity index (χ0n) is 7.59. The molecular weight excluding hydrogens is 214 g/mol. The van der Waals surface area contributed by atoms with Gasteiger partial charge in [-0.25, -0.2) is 4.98 Å². The van der Waals surface area contributed by atoms with Crippen LogP contribution in [-0.4, -0.2) is 10.1 Å². The first kappa shape index (κ1) is 9.83. The van der Waals surface area contributed by atoms with E-state index < -0.39 is 6.10 Å². The predicted molar refractivity (Wildman–Crippen MR) is 59.7 cm³/mol. The van der Waals surface area contributed by atoms with Crippen molar-refractivity contribution in [1.82, 2.24) is 4.98 Å². The number of nitrogens with zero attached hydrogens (tertiary/aromatic N) is 1. The summed E-state index contributed by atoms with van der Waals surface area (Å²) in [5.41, 5.74) is 1.30. The van der Waals surface area contributed by atoms with Gasteiger partial charge in [0.1, 0.15) is 11.1 Å². The van der Waals surface area contributed by atoms with Gasteiger partial charge in [0.15, 0.2) is 0 Å². The van der Waals surface area contributed by atoms with Gasteiger partial charge in [-0.05, 0) is 35.2 Å². The van der Waals surface area contributed by atoms with Gasteiger partial charge in [-0.1, -0.05) is 0 Å². The topological polar surface area (TPSA) is 33.1 Å². The van der Waals surface area contributed by atoms with Crippen LogP contribution in [0.4, 0.5) is 0 Å². The number of rotatable bonds is 4. The minimum atomic E-state index is -0.408. The molecule has 2 nitrogen and oxygen atoms in total. The van der Waals surface area contributed by atoms with Gasteiger partial charge < -0.3 is 5.11 Å². The smallest absolute Gasteiger partial charge is 0.121 e. The van der Waals surface area contributed by atoms with Crippen molar-refractivity contribution >= 4 is 22.7 Å². The summed E-state index contributed by atoms with van der Waals surface area (Å²) in [5, 5.41) is 16.7. The first-order chi connectivity index (χ1) is 6.86. The molecule has 0 aliphatic heterocycles. The average Bonchev–Trinajstić information content (AvgIpc) is 2.87. The summed E-state index contributed by atoms with van der Waals surface area (Å²) in [4.78, 5) is 4.09. The fraction of sp³-hybridized carbons (Fsp3) is 0.300. The Morgan fingerprint density at radius 3 is 3.00 bits per heavy atom. The Morgan fingerprint density at radius 2 is 2.36 bits per heavy atom. The van der Waals surface area contributed by atoms with Crippen molar-refractivity contribution in [3.63, 3.8) is 0 Å². The quantitative estimate of drug-likeness (QED) is 0.868. The lowest BCUT2D eigenvalue weighted by molar-refractivity contribution is 0.167. The number of thiazole rings is 1. The fourth-order valence-corrected chi connectivity index (χ4v) is 2.62. The maximum Gasteiger partial charge on any atom is 0.121 e. The van der Waals surface area contributed by atoms with Crippen LogP contribution in [0.5, 0.6) is 0 Å². The van der Waals surface area contributed by atoms with E-state index in [1.165, 1.54) is 16.9 Å². The van der Waals surface area contributed by atoms with Crippen molar-refractivity contribution in [2.24, 2.45) is 0 Å². The largest absolute Gasteiger partial charge is 0.386 e. The second-order valence-corrected chi connectivity index (χ2v) is 4.76. The van der Waals surface area contributed by atoms with Gasteiger partial charge in [-0.2, -0.15) is 11.3 Å². The SMILES string of the molecule is OC(CCc1ccsc1)c1nccs1. The monoisotopic (exact) mass is 225 g/mol. The summed E-state index contributed by atoms with van der Waals surface area (Å²) in [6.45, 7) is 0. The van der Waals surface area contributed by atoms with Gasteiger partial charge in [0.05, 0.1) is 0 Å². The van der Waals surface area contributed by atoms with E-state index in [-0.39, 0.29) is 0 Å². The van der Waals surface area contributed by atoms with Crippen LogP contribution in [0.2, 0.25) is 0 Å². The molecule has 0 spiro atoms. The highest BCUT2D eigenvalue weighted by atomic mass is 32.1. The zero-order valence-corrected chi connectivity index (χ0v) is 9.22. The number of aromatic nitrogens is 1. The molecule has 0 saturated carbocycles. The standard InChI is InChI=1S/C10H11NOS2/c12-9(10-11-4-6-14-10)2-1-8-3-5-13-7-8/h3-7,9,12H,1-2H2. The molecule has 1 unspecified atom stereocenters. The van der Waals surface area contributed by atoms with E-state index in [4.69, 9.17) is 0 Å². The first-order valence-electron chi connectivity index (χ1n) is 4.45. The Kier molecular flexibility index (Phi) is 3.29. The molecule has 0 radical (unpaired) electrons. The summed E-state index contributed by atoms with van der Waals surface area (Å²) < 4.78 is 0. The second-order valence-electron chi connectivity index (χ2n) is 3.06. The summed E-state index contributed by atoms with van der Waals surface area (Å²) in [5.74, 6) is 0. The van der Waals surface area contributed by atoms with Gasteiger partial charge in [0, 0.05) is 11.6 Å². The molecule has 2 aromatic rings. The van der Waals surface area contributed by atoms with Crippen LogP contribution in [-0.2, 0) is 6.42 Å². The van der Waals surface area contributed by atoms with Crippen molar-refractivity contribution in [2.45, 2.75) is 18.9 Å². The highest BCUT2D eigenvalue weighted by Crippen LogP contribution is 2.21. The number of aliphatic hydroxyl groups excluding tert-OH is 1. The van der Waals surface area contributed by atoms with Crippen LogP contribution in [0.15, 0.2) is 28.4 Å². The van der Waals surface area contributed by atoms with Crippen LogP contribution in [0, 0.1) is 0 Å². The Hall–Kier alpha value is -0.710. The molecule has 0 fully saturated rings. The van der Waals surface area contributed by atoms with Gasteiger partial charge in [0.2, 0.25) is 0 Å². The van der Waals surface area contributed by atoms with E-state index in [1.807, 2.05) is 5.38 Å². The lowest BCUT2D eigenvalue weighted by Crippen LogP contribution is -1.98. The molecule has 74 valence electrons. The number of aryl methyl sites for hydroxylation is 1. The van der Waals surface area contributed by atoms with Crippen molar-refractivity contribution in [3.05, 3.63) is 39.0 Å². The number of thiophene rings is 1. The van der Waals surface area contributed by atoms with Crippen molar-refractivity contribution in [1.29, 1.82) is 0 Å². The van der Waals surface area contributed by atoms with Gasteiger partial charge in [0.25, 0.3) is 0 Å². The van der Waals surface area contributed by atoms with Crippen LogP contribution in [0.1, 0.15) is 23.1 Å². The summed E-state index contributed by atoms with van der Waals surface area (Å²) >= 11 is 3.20. The minimum Gasteiger partial charge on any atom is -0.386 e. The lowest BCUT2D eigenvalue weighted by atomic mass is 10.1. The van der Waals surface area contributed by atoms with E-state index in [9.17, 15) is 5.11 Å². The Balaban J connectivity index is 1.87. The summed E-state index contributed by atoms with van der Waals surface area (Å²) in [7, 11) is 0. The first-order valence-corrected chi connectivity index (χ1v) is 6.27. The van der Waals surface area contributed by atoms with Crippen LogP contribution in [0.25, 0.3) is 0 Å². The van der Waals surface area contributed by atoms with Crippen molar-refractivity contribution in [3.8, 4) is 0 Å². The third kappa shape index (κ3) is 2.41. The molecule has 2 aromatic heterocycles. The van der Waals surface area contributed by atoms with E-state index >= 15 is 0 Å². The highest BCUT2D eigenvalue weighted by molar-refractivity contribution is 7.09. The highest BCUT2D eigenvalue weighted by Gasteiger charge is 2.09. The van der Waals surface area contributed by atoms with Gasteiger partial charge in [-0.3, -0.25) is 0 Å². The normalized spacial score (nSPS) is 12.9. The molecule has 0 saturated heterocycles. The summed E-state index contributed by atoms with van der Waals surface area (Å²) in [6.07, 6.45) is 3.00. The molecule has 2 heterocycles. The van der Waals surface area contributed by atoms with Gasteiger partial charge >= 0.3 is 0 Å².